The van der Waals surface area contributed by atoms with E-state index in [4.69, 9.17) is 9.47 Å². The Kier molecular flexibility index (Phi) is 7.12. The maximum atomic E-state index is 12.5. The van der Waals surface area contributed by atoms with Gasteiger partial charge >= 0.3 is 6.36 Å². The molecule has 2 unspecified atom stereocenters. The van der Waals surface area contributed by atoms with Gasteiger partial charge in [0.2, 0.25) is 0 Å². The third kappa shape index (κ3) is 6.41. The Hall–Kier alpha value is -2.74. The number of piperidine rings is 1. The summed E-state index contributed by atoms with van der Waals surface area (Å²) in [6.45, 7) is 1.11. The smallest absolute Gasteiger partial charge is 0.497 e. The van der Waals surface area contributed by atoms with E-state index in [2.05, 4.69) is 9.64 Å². The van der Waals surface area contributed by atoms with E-state index in [0.717, 1.165) is 42.4 Å². The Morgan fingerprint density at radius 3 is 2.36 bits per heavy atom. The minimum atomic E-state index is -4.73. The number of hydrogen-bond donors (Lipinski definition) is 0. The van der Waals surface area contributed by atoms with Crippen LogP contribution in [0, 0.1) is 5.92 Å². The van der Waals surface area contributed by atoms with Crippen LogP contribution in [0.1, 0.15) is 49.3 Å². The van der Waals surface area contributed by atoms with Gasteiger partial charge in [-0.1, -0.05) is 12.1 Å². The lowest BCUT2D eigenvalue weighted by atomic mass is 9.90. The average Bonchev–Trinajstić information content (AvgIpc) is 3.62. The van der Waals surface area contributed by atoms with Gasteiger partial charge in [-0.15, -0.1) is 13.2 Å². The van der Waals surface area contributed by atoms with Crippen LogP contribution in [-0.4, -0.2) is 37.3 Å². The van der Waals surface area contributed by atoms with Crippen molar-refractivity contribution in [3.8, 4) is 17.2 Å². The first-order chi connectivity index (χ1) is 15.8. The molecule has 2 aliphatic rings. The quantitative estimate of drug-likeness (QED) is 0.448. The van der Waals surface area contributed by atoms with Crippen LogP contribution in [-0.2, 0) is 11.3 Å². The number of hydrogen-bond acceptors (Lipinski definition) is 5. The van der Waals surface area contributed by atoms with Crippen LogP contribution in [0.5, 0.6) is 17.2 Å². The molecule has 5 nitrogen and oxygen atoms in total. The second-order valence-electron chi connectivity index (χ2n) is 8.71. The Bertz CT molecular complexity index is 944. The van der Waals surface area contributed by atoms with E-state index in [1.165, 1.54) is 25.0 Å². The lowest BCUT2D eigenvalue weighted by Gasteiger charge is -2.40. The molecule has 1 heterocycles. The molecule has 2 aromatic rings. The van der Waals surface area contributed by atoms with Gasteiger partial charge in [0.15, 0.2) is 0 Å². The Balaban J connectivity index is 1.56. The highest BCUT2D eigenvalue weighted by Crippen LogP contribution is 2.39. The summed E-state index contributed by atoms with van der Waals surface area (Å²) in [5, 5.41) is 0. The topological polar surface area (TPSA) is 48.0 Å². The summed E-state index contributed by atoms with van der Waals surface area (Å²) < 4.78 is 52.8. The number of aldehydes is 1. The summed E-state index contributed by atoms with van der Waals surface area (Å²) in [6, 6.07) is 11.3. The van der Waals surface area contributed by atoms with Crippen LogP contribution in [0.2, 0.25) is 0 Å². The SMILES string of the molecule is COc1cc(OCC2CC2)cc(C2CCCC(C=O)N2Cc2ccc(OC(F)(F)F)cc2)c1. The summed E-state index contributed by atoms with van der Waals surface area (Å²) >= 11 is 0. The molecule has 2 atom stereocenters. The molecule has 0 aromatic heterocycles. The maximum Gasteiger partial charge on any atom is 0.573 e. The molecular formula is C25H28F3NO4. The fourth-order valence-corrected chi connectivity index (χ4v) is 4.31. The number of carbonyl (C=O) groups is 1. The predicted octanol–water partition coefficient (Wildman–Crippen LogP) is 5.68. The van der Waals surface area contributed by atoms with Crippen molar-refractivity contribution in [1.82, 2.24) is 4.90 Å². The third-order valence-electron chi connectivity index (χ3n) is 6.19. The van der Waals surface area contributed by atoms with Gasteiger partial charge in [0, 0.05) is 18.7 Å². The minimum Gasteiger partial charge on any atom is -0.497 e. The number of ether oxygens (including phenoxy) is 3. The number of alkyl halides is 3. The molecule has 0 bridgehead atoms. The number of benzene rings is 2. The van der Waals surface area contributed by atoms with E-state index >= 15 is 0 Å². The van der Waals surface area contributed by atoms with Crippen LogP contribution in [0.3, 0.4) is 0 Å². The Morgan fingerprint density at radius 1 is 1.00 bits per heavy atom. The molecule has 4 rings (SSSR count). The van der Waals surface area contributed by atoms with E-state index in [0.29, 0.717) is 24.8 Å². The molecule has 0 spiro atoms. The van der Waals surface area contributed by atoms with E-state index in [1.807, 2.05) is 18.2 Å². The summed E-state index contributed by atoms with van der Waals surface area (Å²) in [6.07, 6.45) is 1.12. The highest BCUT2D eigenvalue weighted by Gasteiger charge is 2.33. The van der Waals surface area contributed by atoms with Crippen molar-refractivity contribution in [2.45, 2.75) is 57.1 Å². The molecule has 2 fully saturated rings. The van der Waals surface area contributed by atoms with Crippen LogP contribution < -0.4 is 14.2 Å². The van der Waals surface area contributed by atoms with Gasteiger partial charge in [0.25, 0.3) is 0 Å². The zero-order chi connectivity index (χ0) is 23.4. The number of halogens is 3. The maximum absolute atomic E-state index is 12.5. The van der Waals surface area contributed by atoms with E-state index < -0.39 is 6.36 Å². The zero-order valence-corrected chi connectivity index (χ0v) is 18.5. The Morgan fingerprint density at radius 2 is 1.73 bits per heavy atom. The standard InChI is InChI=1S/C25H28F3NO4/c1-31-22-11-19(12-23(13-22)32-16-18-5-6-18)24-4-2-3-20(15-30)29(24)14-17-7-9-21(10-8-17)33-25(26,27)28/h7-13,15,18,20,24H,2-6,14,16H2,1H3. The first-order valence-corrected chi connectivity index (χ1v) is 11.2. The van der Waals surface area contributed by atoms with Crippen molar-refractivity contribution < 1.29 is 32.2 Å². The lowest BCUT2D eigenvalue weighted by Crippen LogP contribution is -2.42. The van der Waals surface area contributed by atoms with E-state index in [-0.39, 0.29) is 17.8 Å². The van der Waals surface area contributed by atoms with Gasteiger partial charge in [0.05, 0.1) is 19.8 Å². The largest absolute Gasteiger partial charge is 0.573 e. The molecule has 1 saturated carbocycles. The van der Waals surface area contributed by atoms with Gasteiger partial charge in [-0.05, 0) is 73.4 Å². The monoisotopic (exact) mass is 463 g/mol. The molecule has 178 valence electrons. The van der Waals surface area contributed by atoms with Crippen LogP contribution in [0.15, 0.2) is 42.5 Å². The van der Waals surface area contributed by atoms with Crippen molar-refractivity contribution in [2.24, 2.45) is 5.92 Å². The molecule has 1 aliphatic heterocycles. The second kappa shape index (κ2) is 10.0. The fraction of sp³-hybridized carbons (Fsp3) is 0.480. The molecular weight excluding hydrogens is 435 g/mol. The molecule has 1 aliphatic carbocycles. The molecule has 1 saturated heterocycles. The first-order valence-electron chi connectivity index (χ1n) is 11.2. The van der Waals surface area contributed by atoms with Crippen molar-refractivity contribution in [1.29, 1.82) is 0 Å². The number of rotatable bonds is 9. The predicted molar refractivity (Wildman–Crippen MR) is 116 cm³/mol. The molecule has 0 N–H and O–H groups in total. The van der Waals surface area contributed by atoms with Gasteiger partial charge < -0.3 is 19.0 Å². The molecule has 8 heteroatoms. The average molecular weight is 463 g/mol. The normalized spacial score (nSPS) is 21.5. The number of likely N-dealkylation sites (tertiary alicyclic amines) is 1. The van der Waals surface area contributed by atoms with E-state index in [9.17, 15) is 18.0 Å². The highest BCUT2D eigenvalue weighted by atomic mass is 19.4. The second-order valence-corrected chi connectivity index (χ2v) is 8.71. The molecule has 0 radical (unpaired) electrons. The molecule has 2 aromatic carbocycles. The van der Waals surface area contributed by atoms with Crippen LogP contribution >= 0.6 is 0 Å². The number of methoxy groups -OCH3 is 1. The number of carbonyl (C=O) groups excluding carboxylic acids is 1. The fourth-order valence-electron chi connectivity index (χ4n) is 4.31. The highest BCUT2D eigenvalue weighted by molar-refractivity contribution is 5.58. The lowest BCUT2D eigenvalue weighted by molar-refractivity contribution is -0.274. The minimum absolute atomic E-state index is 0.0431. The van der Waals surface area contributed by atoms with E-state index in [1.54, 1.807) is 19.2 Å². The third-order valence-corrected chi connectivity index (χ3v) is 6.19. The van der Waals surface area contributed by atoms with Crippen molar-refractivity contribution in [3.05, 3.63) is 53.6 Å². The van der Waals surface area contributed by atoms with Crippen LogP contribution in [0.25, 0.3) is 0 Å². The van der Waals surface area contributed by atoms with Gasteiger partial charge in [-0.2, -0.15) is 0 Å². The molecule has 33 heavy (non-hydrogen) atoms. The van der Waals surface area contributed by atoms with Crippen LogP contribution in [0.4, 0.5) is 13.2 Å². The van der Waals surface area contributed by atoms with Crippen molar-refractivity contribution in [3.63, 3.8) is 0 Å². The van der Waals surface area contributed by atoms with Gasteiger partial charge in [-0.25, -0.2) is 0 Å². The van der Waals surface area contributed by atoms with Crippen molar-refractivity contribution in [2.75, 3.05) is 13.7 Å². The summed E-state index contributed by atoms with van der Waals surface area (Å²) in [5.41, 5.74) is 1.81. The summed E-state index contributed by atoms with van der Waals surface area (Å²) in [7, 11) is 1.61. The summed E-state index contributed by atoms with van der Waals surface area (Å²) in [5.74, 6) is 1.80. The zero-order valence-electron chi connectivity index (χ0n) is 18.5. The summed E-state index contributed by atoms with van der Waals surface area (Å²) in [4.78, 5) is 14.0. The Labute approximate surface area is 191 Å². The van der Waals surface area contributed by atoms with Crippen molar-refractivity contribution >= 4 is 6.29 Å². The first kappa shape index (κ1) is 23.4. The molecule has 0 amide bonds. The van der Waals surface area contributed by atoms with Gasteiger partial charge in [-0.3, -0.25) is 4.90 Å². The number of nitrogens with zero attached hydrogens (tertiary/aromatic N) is 1. The van der Waals surface area contributed by atoms with Gasteiger partial charge in [0.1, 0.15) is 23.5 Å².